The van der Waals surface area contributed by atoms with Crippen LogP contribution in [0.3, 0.4) is 0 Å². The van der Waals surface area contributed by atoms with Crippen molar-refractivity contribution in [3.63, 3.8) is 0 Å². The summed E-state index contributed by atoms with van der Waals surface area (Å²) in [7, 11) is 1.35. The lowest BCUT2D eigenvalue weighted by molar-refractivity contribution is -0.250. The molecule has 11 nitrogen and oxygen atoms in total. The Balaban J connectivity index is 1.68. The van der Waals surface area contributed by atoms with E-state index in [1.165, 1.54) is 32.2 Å². The van der Waals surface area contributed by atoms with Crippen molar-refractivity contribution in [2.75, 3.05) is 7.11 Å². The average molecular weight is 530 g/mol. The molecule has 0 aromatic heterocycles. The van der Waals surface area contributed by atoms with Crippen LogP contribution in [0.5, 0.6) is 17.2 Å². The fraction of sp³-hybridized carbons (Fsp3) is 0.481. The van der Waals surface area contributed by atoms with Crippen LogP contribution < -0.4 is 10.5 Å². The van der Waals surface area contributed by atoms with Gasteiger partial charge in [0, 0.05) is 42.0 Å². The SMILES string of the molecule is COc1cccc2c1C(=O)c1c(O)c3c(c(O)c1C2=O)C[C@@](O)([C@H](C)O)C[C@@H]3O[C@H]1C[C@H](N)[C@@H](O)[C@H](C)O1. The zero-order chi connectivity index (χ0) is 27.7. The summed E-state index contributed by atoms with van der Waals surface area (Å²) >= 11 is 0. The van der Waals surface area contributed by atoms with Crippen molar-refractivity contribution in [2.45, 2.75) is 75.5 Å². The van der Waals surface area contributed by atoms with Gasteiger partial charge in [0.25, 0.3) is 0 Å². The first-order valence-corrected chi connectivity index (χ1v) is 12.4. The number of aromatic hydroxyl groups is 2. The van der Waals surface area contributed by atoms with Gasteiger partial charge < -0.3 is 45.5 Å². The van der Waals surface area contributed by atoms with Crippen LogP contribution in [-0.4, -0.2) is 80.5 Å². The Morgan fingerprint density at radius 3 is 2.45 bits per heavy atom. The van der Waals surface area contributed by atoms with E-state index in [-0.39, 0.29) is 47.3 Å². The first-order valence-electron chi connectivity index (χ1n) is 12.4. The molecule has 1 fully saturated rings. The van der Waals surface area contributed by atoms with Gasteiger partial charge in [0.15, 0.2) is 12.1 Å². The zero-order valence-corrected chi connectivity index (χ0v) is 21.2. The molecule has 204 valence electrons. The Morgan fingerprint density at radius 1 is 1.13 bits per heavy atom. The topological polar surface area (TPSA) is 189 Å². The number of ketones is 2. The second-order valence-electron chi connectivity index (χ2n) is 10.3. The van der Waals surface area contributed by atoms with Gasteiger partial charge >= 0.3 is 0 Å². The molecule has 11 heteroatoms. The summed E-state index contributed by atoms with van der Waals surface area (Å²) in [6.07, 6.45) is -5.47. The minimum Gasteiger partial charge on any atom is -0.507 e. The summed E-state index contributed by atoms with van der Waals surface area (Å²) in [6, 6.07) is 3.80. The summed E-state index contributed by atoms with van der Waals surface area (Å²) < 4.78 is 17.1. The Kier molecular flexibility index (Phi) is 6.49. The van der Waals surface area contributed by atoms with Gasteiger partial charge in [-0.15, -0.1) is 0 Å². The predicted octanol–water partition coefficient (Wildman–Crippen LogP) is 0.821. The van der Waals surface area contributed by atoms with Crippen molar-refractivity contribution in [3.05, 3.63) is 51.6 Å². The van der Waals surface area contributed by atoms with Crippen LogP contribution in [0, 0.1) is 0 Å². The van der Waals surface area contributed by atoms with Crippen molar-refractivity contribution >= 4 is 11.6 Å². The van der Waals surface area contributed by atoms with Gasteiger partial charge in [0.05, 0.1) is 53.8 Å². The molecule has 5 rings (SSSR count). The van der Waals surface area contributed by atoms with E-state index in [9.17, 15) is 35.1 Å². The molecule has 0 saturated carbocycles. The van der Waals surface area contributed by atoms with Gasteiger partial charge in [-0.1, -0.05) is 12.1 Å². The molecule has 1 aliphatic heterocycles. The second-order valence-corrected chi connectivity index (χ2v) is 10.3. The molecule has 0 amide bonds. The molecule has 1 heterocycles. The van der Waals surface area contributed by atoms with Crippen molar-refractivity contribution < 1.29 is 49.3 Å². The van der Waals surface area contributed by atoms with Crippen molar-refractivity contribution in [3.8, 4) is 17.2 Å². The average Bonchev–Trinajstić information content (AvgIpc) is 2.87. The molecule has 0 unspecified atom stereocenters. The van der Waals surface area contributed by atoms with Gasteiger partial charge in [0.1, 0.15) is 17.2 Å². The highest BCUT2D eigenvalue weighted by Crippen LogP contribution is 2.52. The highest BCUT2D eigenvalue weighted by atomic mass is 16.7. The largest absolute Gasteiger partial charge is 0.507 e. The molecule has 2 aromatic carbocycles. The molecule has 0 spiro atoms. The predicted molar refractivity (Wildman–Crippen MR) is 131 cm³/mol. The summed E-state index contributed by atoms with van der Waals surface area (Å²) in [6.45, 7) is 3.00. The van der Waals surface area contributed by atoms with Crippen LogP contribution in [0.1, 0.15) is 75.8 Å². The van der Waals surface area contributed by atoms with E-state index >= 15 is 0 Å². The number of fused-ring (bicyclic) bond motifs is 3. The summed E-state index contributed by atoms with van der Waals surface area (Å²) in [5.41, 5.74) is 3.37. The number of hydrogen-bond donors (Lipinski definition) is 6. The highest BCUT2D eigenvalue weighted by molar-refractivity contribution is 6.31. The molecule has 0 bridgehead atoms. The normalized spacial score (nSPS) is 31.3. The lowest BCUT2D eigenvalue weighted by Gasteiger charge is -2.43. The summed E-state index contributed by atoms with van der Waals surface area (Å²) in [5, 5.41) is 54.7. The Bertz CT molecular complexity index is 1310. The molecule has 3 aliphatic rings. The van der Waals surface area contributed by atoms with Crippen LogP contribution in [0.15, 0.2) is 18.2 Å². The maximum absolute atomic E-state index is 13.6. The number of aliphatic hydroxyl groups excluding tert-OH is 2. The smallest absolute Gasteiger partial charge is 0.202 e. The van der Waals surface area contributed by atoms with Gasteiger partial charge in [-0.2, -0.15) is 0 Å². The molecular weight excluding hydrogens is 498 g/mol. The van der Waals surface area contributed by atoms with Crippen molar-refractivity contribution in [1.29, 1.82) is 0 Å². The first-order chi connectivity index (χ1) is 17.9. The third kappa shape index (κ3) is 3.89. The van der Waals surface area contributed by atoms with E-state index in [4.69, 9.17) is 19.9 Å². The third-order valence-electron chi connectivity index (χ3n) is 7.95. The maximum atomic E-state index is 13.6. The van der Waals surface area contributed by atoms with Crippen molar-refractivity contribution in [2.24, 2.45) is 5.73 Å². The Labute approximate surface area is 218 Å². The van der Waals surface area contributed by atoms with E-state index in [1.807, 2.05) is 0 Å². The van der Waals surface area contributed by atoms with E-state index in [0.29, 0.717) is 0 Å². The molecule has 7 atom stereocenters. The third-order valence-corrected chi connectivity index (χ3v) is 7.95. The number of ether oxygens (including phenoxy) is 3. The zero-order valence-electron chi connectivity index (χ0n) is 21.2. The number of nitrogens with two attached hydrogens (primary N) is 1. The Morgan fingerprint density at radius 2 is 1.82 bits per heavy atom. The molecule has 1 saturated heterocycles. The van der Waals surface area contributed by atoms with E-state index in [1.54, 1.807) is 6.92 Å². The molecular formula is C27H31NO10. The first kappa shape index (κ1) is 26.5. The van der Waals surface area contributed by atoms with Crippen LogP contribution in [0.2, 0.25) is 0 Å². The van der Waals surface area contributed by atoms with Gasteiger partial charge in [-0.25, -0.2) is 0 Å². The lowest BCUT2D eigenvalue weighted by atomic mass is 9.71. The lowest BCUT2D eigenvalue weighted by Crippen LogP contribution is -2.53. The minimum atomic E-state index is -1.80. The highest BCUT2D eigenvalue weighted by Gasteiger charge is 2.49. The Hall–Kier alpha value is -3.06. The van der Waals surface area contributed by atoms with Crippen LogP contribution >= 0.6 is 0 Å². The van der Waals surface area contributed by atoms with E-state index in [0.717, 1.165) is 0 Å². The van der Waals surface area contributed by atoms with Gasteiger partial charge in [0.2, 0.25) is 5.78 Å². The number of benzene rings is 2. The monoisotopic (exact) mass is 529 g/mol. The molecule has 38 heavy (non-hydrogen) atoms. The van der Waals surface area contributed by atoms with E-state index in [2.05, 4.69) is 0 Å². The minimum absolute atomic E-state index is 0.00187. The second kappa shape index (κ2) is 9.30. The maximum Gasteiger partial charge on any atom is 0.202 e. The van der Waals surface area contributed by atoms with Crippen molar-refractivity contribution in [1.82, 2.24) is 0 Å². The molecule has 0 radical (unpaired) electrons. The number of methoxy groups -OCH3 is 1. The quantitative estimate of drug-likeness (QED) is 0.263. The molecule has 7 N–H and O–H groups in total. The van der Waals surface area contributed by atoms with Crippen LogP contribution in [0.25, 0.3) is 0 Å². The number of carbonyl (C=O) groups is 2. The van der Waals surface area contributed by atoms with Crippen LogP contribution in [-0.2, 0) is 15.9 Å². The van der Waals surface area contributed by atoms with E-state index < -0.39 is 76.5 Å². The van der Waals surface area contributed by atoms with Crippen LogP contribution in [0.4, 0.5) is 0 Å². The number of phenols is 2. The number of carbonyl (C=O) groups excluding carboxylic acids is 2. The van der Waals surface area contributed by atoms with Gasteiger partial charge in [-0.05, 0) is 19.9 Å². The standard InChI is InChI=1S/C27H31NO10/c1-10-22(30)14(28)7-17(37-10)38-16-9-27(35,11(2)29)8-13-19(16)26(34)21-20(24(13)32)23(31)12-5-4-6-15(36-3)18(12)25(21)33/h4-6,10-11,14,16-17,22,29-30,32,34-35H,7-9,28H2,1-3H3/t10-,11-,14-,16-,17-,22-,27-/m0/s1. The molecule has 2 aromatic rings. The fourth-order valence-corrected chi connectivity index (χ4v) is 5.74. The van der Waals surface area contributed by atoms with Gasteiger partial charge in [-0.3, -0.25) is 9.59 Å². The summed E-state index contributed by atoms with van der Waals surface area (Å²) in [5.74, 6) is -2.44. The number of rotatable bonds is 4. The molecule has 2 aliphatic carbocycles. The number of aliphatic hydroxyl groups is 3. The number of hydrogen-bond acceptors (Lipinski definition) is 11. The number of phenolic OH excluding ortho intramolecular Hbond substituents is 2. The summed E-state index contributed by atoms with van der Waals surface area (Å²) in [4.78, 5) is 27.1. The fourth-order valence-electron chi connectivity index (χ4n) is 5.74.